The number of nitrogens with one attached hydrogen (secondary N) is 3. The molecule has 0 atom stereocenters. The summed E-state index contributed by atoms with van der Waals surface area (Å²) in [5.41, 5.74) is 4.76. The van der Waals surface area contributed by atoms with Crippen molar-refractivity contribution >= 4 is 45.0 Å². The highest BCUT2D eigenvalue weighted by atomic mass is 32.1. The van der Waals surface area contributed by atoms with Crippen molar-refractivity contribution in [3.63, 3.8) is 0 Å². The van der Waals surface area contributed by atoms with Crippen molar-refractivity contribution in [2.24, 2.45) is 0 Å². The molecule has 0 spiro atoms. The summed E-state index contributed by atoms with van der Waals surface area (Å²) >= 11 is 1.61. The van der Waals surface area contributed by atoms with Crippen molar-refractivity contribution in [3.8, 4) is 33.2 Å². The van der Waals surface area contributed by atoms with Gasteiger partial charge >= 0.3 is 0 Å². The summed E-state index contributed by atoms with van der Waals surface area (Å²) < 4.78 is 16.1. The van der Waals surface area contributed by atoms with Gasteiger partial charge in [-0.1, -0.05) is 36.4 Å². The monoisotopic (exact) mass is 546 g/mol. The highest BCUT2D eigenvalue weighted by Crippen LogP contribution is 2.35. The van der Waals surface area contributed by atoms with Crippen molar-refractivity contribution in [2.45, 2.75) is 6.42 Å². The Kier molecular flexibility index (Phi) is 5.82. The first-order chi connectivity index (χ1) is 19.6. The highest BCUT2D eigenvalue weighted by molar-refractivity contribution is 7.13. The van der Waals surface area contributed by atoms with E-state index in [0.29, 0.717) is 33.9 Å². The van der Waals surface area contributed by atoms with E-state index in [1.165, 1.54) is 18.6 Å². The summed E-state index contributed by atoms with van der Waals surface area (Å²) in [4.78, 5) is 34.4. The predicted octanol–water partition coefficient (Wildman–Crippen LogP) is 6.01. The predicted molar refractivity (Wildman–Crippen MR) is 152 cm³/mol. The minimum Gasteiger partial charge on any atom is -0.335 e. The summed E-state index contributed by atoms with van der Waals surface area (Å²) in [5.74, 6) is -0.400. The largest absolute Gasteiger partial charge is 0.335 e. The number of thiophene rings is 1. The van der Waals surface area contributed by atoms with Crippen LogP contribution in [0.5, 0.6) is 0 Å². The molecule has 0 saturated carbocycles. The van der Waals surface area contributed by atoms with E-state index in [2.05, 4.69) is 40.4 Å². The van der Waals surface area contributed by atoms with Gasteiger partial charge in [-0.05, 0) is 29.1 Å². The van der Waals surface area contributed by atoms with E-state index in [0.717, 1.165) is 21.5 Å². The third kappa shape index (κ3) is 4.28. The van der Waals surface area contributed by atoms with E-state index < -0.39 is 5.82 Å². The zero-order chi connectivity index (χ0) is 27.1. The Bertz CT molecular complexity index is 2000. The number of benzene rings is 1. The number of halogens is 1. The lowest BCUT2D eigenvalue weighted by molar-refractivity contribution is -0.115. The maximum atomic E-state index is 16.1. The molecular weight excluding hydrogens is 527 g/mol. The maximum absolute atomic E-state index is 16.1. The second kappa shape index (κ2) is 9.79. The smallest absolute Gasteiger partial charge is 0.228 e. The van der Waals surface area contributed by atoms with Crippen LogP contribution in [-0.4, -0.2) is 41.0 Å². The van der Waals surface area contributed by atoms with Crippen LogP contribution in [0, 0.1) is 5.82 Å². The number of amides is 1. The van der Waals surface area contributed by atoms with Crippen LogP contribution in [0.1, 0.15) is 5.56 Å². The van der Waals surface area contributed by atoms with E-state index in [4.69, 9.17) is 0 Å². The van der Waals surface area contributed by atoms with E-state index >= 15 is 4.39 Å². The van der Waals surface area contributed by atoms with Crippen molar-refractivity contribution in [2.75, 3.05) is 5.32 Å². The van der Waals surface area contributed by atoms with Crippen LogP contribution in [0.2, 0.25) is 0 Å². The van der Waals surface area contributed by atoms with Crippen molar-refractivity contribution < 1.29 is 9.18 Å². The molecule has 3 N–H and O–H groups in total. The molecular formula is C29H19FN8OS. The number of hydrogen-bond acceptors (Lipinski definition) is 7. The first-order valence-electron chi connectivity index (χ1n) is 12.3. The summed E-state index contributed by atoms with van der Waals surface area (Å²) in [7, 11) is 0. The number of hydrogen-bond donors (Lipinski definition) is 3. The number of pyridine rings is 3. The molecule has 0 unspecified atom stereocenters. The molecule has 9 nitrogen and oxygen atoms in total. The molecule has 6 aromatic heterocycles. The molecule has 194 valence electrons. The van der Waals surface area contributed by atoms with Crippen LogP contribution < -0.4 is 5.32 Å². The molecule has 40 heavy (non-hydrogen) atoms. The molecule has 0 radical (unpaired) electrons. The molecule has 0 fully saturated rings. The number of H-pyrrole nitrogens is 2. The lowest BCUT2D eigenvalue weighted by Crippen LogP contribution is -2.14. The summed E-state index contributed by atoms with van der Waals surface area (Å²) in [6, 6.07) is 17.0. The molecule has 0 aliphatic rings. The minimum atomic E-state index is -0.581. The van der Waals surface area contributed by atoms with Gasteiger partial charge in [-0.25, -0.2) is 14.4 Å². The molecule has 7 rings (SSSR count). The summed E-state index contributed by atoms with van der Waals surface area (Å²) in [6.07, 6.45) is 6.44. The number of carbonyl (C=O) groups is 1. The molecule has 0 aliphatic carbocycles. The van der Waals surface area contributed by atoms with Crippen molar-refractivity contribution in [3.05, 3.63) is 96.1 Å². The van der Waals surface area contributed by atoms with Gasteiger partial charge in [-0.3, -0.25) is 19.9 Å². The first kappa shape index (κ1) is 23.8. The average molecular weight is 547 g/mol. The lowest BCUT2D eigenvalue weighted by Gasteiger charge is -2.08. The standard InChI is InChI=1S/C29H19FN8OS/c30-24-23-20(37-38-27(23)29-35-26-19(21-7-4-10-40-21)8-9-32-28(26)36-29)15-33-25(24)17-12-18(14-31-13-17)34-22(39)11-16-5-2-1-3-6-16/h1-10,12-15H,11H2,(H,34,39)(H,37,38)(H,32,35,36). The van der Waals surface area contributed by atoms with Crippen LogP contribution in [0.25, 0.3) is 55.3 Å². The molecule has 11 heteroatoms. The Balaban J connectivity index is 1.24. The normalized spacial score (nSPS) is 11.3. The molecule has 6 heterocycles. The van der Waals surface area contributed by atoms with Gasteiger partial charge in [-0.2, -0.15) is 5.10 Å². The Morgan fingerprint density at radius 3 is 2.75 bits per heavy atom. The Morgan fingerprint density at radius 1 is 1.00 bits per heavy atom. The van der Waals surface area contributed by atoms with Crippen LogP contribution in [-0.2, 0) is 11.2 Å². The molecule has 0 bridgehead atoms. The minimum absolute atomic E-state index is 0.0790. The van der Waals surface area contributed by atoms with Crippen LogP contribution in [0.3, 0.4) is 0 Å². The number of carbonyl (C=O) groups excluding carboxylic acids is 1. The number of aromatic amines is 2. The van der Waals surface area contributed by atoms with Gasteiger partial charge in [0.15, 0.2) is 17.3 Å². The van der Waals surface area contributed by atoms with Gasteiger partial charge in [-0.15, -0.1) is 11.3 Å². The van der Waals surface area contributed by atoms with Gasteiger partial charge in [0.25, 0.3) is 0 Å². The number of imidazole rings is 1. The van der Waals surface area contributed by atoms with E-state index in [1.54, 1.807) is 23.6 Å². The van der Waals surface area contributed by atoms with Crippen molar-refractivity contribution in [1.29, 1.82) is 0 Å². The van der Waals surface area contributed by atoms with Gasteiger partial charge in [0.05, 0.1) is 40.9 Å². The number of nitrogens with zero attached hydrogens (tertiary/aromatic N) is 5. The maximum Gasteiger partial charge on any atom is 0.228 e. The van der Waals surface area contributed by atoms with Crippen LogP contribution in [0.4, 0.5) is 10.1 Å². The number of fused-ring (bicyclic) bond motifs is 2. The first-order valence-corrected chi connectivity index (χ1v) is 13.2. The quantitative estimate of drug-likeness (QED) is 0.235. The van der Waals surface area contributed by atoms with E-state index in [1.807, 2.05) is 53.9 Å². The Hall–Kier alpha value is -5.29. The number of aromatic nitrogens is 7. The molecule has 1 amide bonds. The fraction of sp³-hybridized carbons (Fsp3) is 0.0345. The van der Waals surface area contributed by atoms with Gasteiger partial charge in [0, 0.05) is 28.4 Å². The molecule has 0 saturated heterocycles. The average Bonchev–Trinajstić information content (AvgIpc) is 3.73. The van der Waals surface area contributed by atoms with E-state index in [9.17, 15) is 4.79 Å². The summed E-state index contributed by atoms with van der Waals surface area (Å²) in [6.45, 7) is 0. The van der Waals surface area contributed by atoms with Crippen molar-refractivity contribution in [1.82, 2.24) is 35.1 Å². The highest BCUT2D eigenvalue weighted by Gasteiger charge is 2.22. The van der Waals surface area contributed by atoms with Crippen LogP contribution in [0.15, 0.2) is 84.8 Å². The Labute approximate surface area is 230 Å². The second-order valence-electron chi connectivity index (χ2n) is 9.07. The lowest BCUT2D eigenvalue weighted by atomic mass is 10.1. The number of anilines is 1. The van der Waals surface area contributed by atoms with Gasteiger partial charge in [0.1, 0.15) is 11.4 Å². The third-order valence-corrected chi connectivity index (χ3v) is 7.35. The molecule has 0 aliphatic heterocycles. The zero-order valence-corrected chi connectivity index (χ0v) is 21.5. The zero-order valence-electron chi connectivity index (χ0n) is 20.7. The Morgan fingerprint density at radius 2 is 1.90 bits per heavy atom. The SMILES string of the molecule is O=C(Cc1ccccc1)Nc1cncc(-c2ncc3[nH]nc(-c4nc5nccc(-c6cccs6)c5[nH]4)c3c2F)c1. The topological polar surface area (TPSA) is 125 Å². The molecule has 7 aromatic rings. The third-order valence-electron chi connectivity index (χ3n) is 6.45. The number of rotatable bonds is 6. The van der Waals surface area contributed by atoms with Gasteiger partial charge < -0.3 is 10.3 Å². The summed E-state index contributed by atoms with van der Waals surface area (Å²) in [5, 5.41) is 12.3. The fourth-order valence-corrected chi connectivity index (χ4v) is 5.39. The van der Waals surface area contributed by atoms with Crippen LogP contribution >= 0.6 is 11.3 Å². The second-order valence-corrected chi connectivity index (χ2v) is 10.0. The molecule has 1 aromatic carbocycles. The van der Waals surface area contributed by atoms with Gasteiger partial charge in [0.2, 0.25) is 5.91 Å². The fourth-order valence-electron chi connectivity index (χ4n) is 4.63. The van der Waals surface area contributed by atoms with E-state index in [-0.39, 0.29) is 23.4 Å².